The van der Waals surface area contributed by atoms with Gasteiger partial charge in [-0.15, -0.1) is 0 Å². The molecule has 0 aromatic heterocycles. The second-order valence-electron chi connectivity index (χ2n) is 2.57. The molecule has 2 nitrogen and oxygen atoms in total. The third-order valence-electron chi connectivity index (χ3n) is 1.43. The maximum atomic E-state index is 11.0. The van der Waals surface area contributed by atoms with Crippen LogP contribution in [-0.4, -0.2) is 18.9 Å². The molecule has 9 heavy (non-hydrogen) atoms. The second-order valence-corrected chi connectivity index (χ2v) is 2.57. The van der Waals surface area contributed by atoms with Crippen LogP contribution in [0.5, 0.6) is 0 Å². The minimum Gasteiger partial charge on any atom is -0.311 e. The first-order valence-electron chi connectivity index (χ1n) is 3.30. The minimum atomic E-state index is 0.00463. The molecule has 0 fully saturated rings. The number of nitrogens with one attached hydrogen (secondary N) is 1. The maximum Gasteiger partial charge on any atom is 0.151 e. The SMILES string of the molecule is CN[C@@H](C)C(=O)C(C)C. The number of ketones is 1. The summed E-state index contributed by atoms with van der Waals surface area (Å²) in [5.41, 5.74) is 0. The van der Waals surface area contributed by atoms with Gasteiger partial charge in [0.1, 0.15) is 0 Å². The van der Waals surface area contributed by atoms with Crippen molar-refractivity contribution in [3.05, 3.63) is 0 Å². The van der Waals surface area contributed by atoms with Crippen molar-refractivity contribution < 1.29 is 4.79 Å². The first-order valence-corrected chi connectivity index (χ1v) is 3.30. The van der Waals surface area contributed by atoms with E-state index in [4.69, 9.17) is 0 Å². The lowest BCUT2D eigenvalue weighted by atomic mass is 10.0. The van der Waals surface area contributed by atoms with Crippen LogP contribution >= 0.6 is 0 Å². The van der Waals surface area contributed by atoms with E-state index in [-0.39, 0.29) is 17.7 Å². The van der Waals surface area contributed by atoms with Gasteiger partial charge in [-0.05, 0) is 14.0 Å². The van der Waals surface area contributed by atoms with E-state index in [1.807, 2.05) is 20.8 Å². The van der Waals surface area contributed by atoms with E-state index in [0.717, 1.165) is 0 Å². The molecule has 0 unspecified atom stereocenters. The molecular formula is C7H15NO. The fourth-order valence-corrected chi connectivity index (χ4v) is 0.642. The Morgan fingerprint density at radius 1 is 1.33 bits per heavy atom. The van der Waals surface area contributed by atoms with Crippen LogP contribution in [0.1, 0.15) is 20.8 Å². The molecule has 0 saturated carbocycles. The third-order valence-corrected chi connectivity index (χ3v) is 1.43. The Bertz CT molecular complexity index is 99.1. The highest BCUT2D eigenvalue weighted by atomic mass is 16.1. The number of likely N-dealkylation sites (N-methyl/N-ethyl adjacent to an activating group) is 1. The molecule has 0 radical (unpaired) electrons. The lowest BCUT2D eigenvalue weighted by molar-refractivity contribution is -0.123. The summed E-state index contributed by atoms with van der Waals surface area (Å²) in [4.78, 5) is 11.0. The van der Waals surface area contributed by atoms with Gasteiger partial charge in [0, 0.05) is 5.92 Å². The number of carbonyl (C=O) groups is 1. The number of Topliss-reactive ketones (excluding diaryl/α,β-unsaturated/α-hetero) is 1. The molecule has 0 aromatic rings. The van der Waals surface area contributed by atoms with Gasteiger partial charge in [-0.1, -0.05) is 13.8 Å². The smallest absolute Gasteiger partial charge is 0.151 e. The summed E-state index contributed by atoms with van der Waals surface area (Å²) in [6, 6.07) is 0.00463. The van der Waals surface area contributed by atoms with Gasteiger partial charge < -0.3 is 5.32 Å². The first-order chi connectivity index (χ1) is 4.09. The van der Waals surface area contributed by atoms with Crippen LogP contribution < -0.4 is 5.32 Å². The molecule has 0 heterocycles. The van der Waals surface area contributed by atoms with Gasteiger partial charge in [0.2, 0.25) is 0 Å². The van der Waals surface area contributed by atoms with Gasteiger partial charge in [0.25, 0.3) is 0 Å². The van der Waals surface area contributed by atoms with Gasteiger partial charge in [-0.2, -0.15) is 0 Å². The Labute approximate surface area is 56.6 Å². The van der Waals surface area contributed by atoms with E-state index in [9.17, 15) is 4.79 Å². The van der Waals surface area contributed by atoms with E-state index in [0.29, 0.717) is 0 Å². The molecular weight excluding hydrogens is 114 g/mol. The monoisotopic (exact) mass is 129 g/mol. The fraction of sp³-hybridized carbons (Fsp3) is 0.857. The molecule has 1 N–H and O–H groups in total. The molecule has 0 amide bonds. The van der Waals surface area contributed by atoms with Crippen molar-refractivity contribution in [3.63, 3.8) is 0 Å². The summed E-state index contributed by atoms with van der Waals surface area (Å²) in [7, 11) is 1.80. The van der Waals surface area contributed by atoms with Crippen LogP contribution in [0.4, 0.5) is 0 Å². The average molecular weight is 129 g/mol. The summed E-state index contributed by atoms with van der Waals surface area (Å²) in [5.74, 6) is 0.421. The van der Waals surface area contributed by atoms with Crippen molar-refractivity contribution in [2.24, 2.45) is 5.92 Å². The molecule has 1 atom stereocenters. The minimum absolute atomic E-state index is 0.00463. The molecule has 0 aliphatic heterocycles. The van der Waals surface area contributed by atoms with Crippen LogP contribution in [0.2, 0.25) is 0 Å². The van der Waals surface area contributed by atoms with E-state index < -0.39 is 0 Å². The van der Waals surface area contributed by atoms with Crippen LogP contribution in [0.3, 0.4) is 0 Å². The lowest BCUT2D eigenvalue weighted by Crippen LogP contribution is -2.33. The fourth-order valence-electron chi connectivity index (χ4n) is 0.642. The standard InChI is InChI=1S/C7H15NO/c1-5(2)7(9)6(3)8-4/h5-6,8H,1-4H3/t6-/m0/s1. The maximum absolute atomic E-state index is 11.0. The van der Waals surface area contributed by atoms with E-state index in [1.165, 1.54) is 0 Å². The van der Waals surface area contributed by atoms with Crippen molar-refractivity contribution in [2.45, 2.75) is 26.8 Å². The number of rotatable bonds is 3. The van der Waals surface area contributed by atoms with Gasteiger partial charge >= 0.3 is 0 Å². The van der Waals surface area contributed by atoms with Crippen LogP contribution in [-0.2, 0) is 4.79 Å². The molecule has 2 heteroatoms. The Morgan fingerprint density at radius 3 is 1.89 bits per heavy atom. The largest absolute Gasteiger partial charge is 0.311 e. The number of hydrogen-bond donors (Lipinski definition) is 1. The van der Waals surface area contributed by atoms with Crippen molar-refractivity contribution in [1.82, 2.24) is 5.32 Å². The summed E-state index contributed by atoms with van der Waals surface area (Å²) >= 11 is 0. The molecule has 54 valence electrons. The summed E-state index contributed by atoms with van der Waals surface area (Å²) in [6.45, 7) is 5.70. The zero-order valence-electron chi connectivity index (χ0n) is 6.56. The molecule has 0 bridgehead atoms. The highest BCUT2D eigenvalue weighted by molar-refractivity contribution is 5.85. The molecule has 0 saturated heterocycles. The average Bonchev–Trinajstić information content (AvgIpc) is 1.84. The van der Waals surface area contributed by atoms with Gasteiger partial charge in [-0.25, -0.2) is 0 Å². The van der Waals surface area contributed by atoms with Gasteiger partial charge in [0.05, 0.1) is 6.04 Å². The molecule has 0 spiro atoms. The second kappa shape index (κ2) is 3.62. The zero-order chi connectivity index (χ0) is 7.44. The Morgan fingerprint density at radius 2 is 1.78 bits per heavy atom. The Kier molecular flexibility index (Phi) is 3.47. The molecule has 0 aliphatic rings. The lowest BCUT2D eigenvalue weighted by Gasteiger charge is -2.10. The van der Waals surface area contributed by atoms with Crippen molar-refractivity contribution in [2.75, 3.05) is 7.05 Å². The quantitative estimate of drug-likeness (QED) is 0.611. The molecule has 0 rings (SSSR count). The Balaban J connectivity index is 3.73. The number of hydrogen-bond acceptors (Lipinski definition) is 2. The Hall–Kier alpha value is -0.370. The van der Waals surface area contributed by atoms with Gasteiger partial charge in [-0.3, -0.25) is 4.79 Å². The summed E-state index contributed by atoms with van der Waals surface area (Å²) in [6.07, 6.45) is 0. The van der Waals surface area contributed by atoms with E-state index >= 15 is 0 Å². The predicted octanol–water partition coefficient (Wildman–Crippen LogP) is 0.819. The van der Waals surface area contributed by atoms with Crippen molar-refractivity contribution in [1.29, 1.82) is 0 Å². The highest BCUT2D eigenvalue weighted by Crippen LogP contribution is 1.97. The van der Waals surface area contributed by atoms with E-state index in [2.05, 4.69) is 5.32 Å². The number of carbonyl (C=O) groups excluding carboxylic acids is 1. The van der Waals surface area contributed by atoms with Gasteiger partial charge in [0.15, 0.2) is 5.78 Å². The summed E-state index contributed by atoms with van der Waals surface area (Å²) in [5, 5.41) is 2.90. The van der Waals surface area contributed by atoms with Crippen LogP contribution in [0.25, 0.3) is 0 Å². The zero-order valence-corrected chi connectivity index (χ0v) is 6.56. The van der Waals surface area contributed by atoms with Crippen LogP contribution in [0.15, 0.2) is 0 Å². The third kappa shape index (κ3) is 2.61. The predicted molar refractivity (Wildman–Crippen MR) is 38.4 cm³/mol. The topological polar surface area (TPSA) is 29.1 Å². The molecule has 0 aromatic carbocycles. The normalized spacial score (nSPS) is 13.9. The highest BCUT2D eigenvalue weighted by Gasteiger charge is 2.12. The first kappa shape index (κ1) is 8.63. The van der Waals surface area contributed by atoms with E-state index in [1.54, 1.807) is 7.05 Å². The summed E-state index contributed by atoms with van der Waals surface area (Å²) < 4.78 is 0. The molecule has 0 aliphatic carbocycles. The van der Waals surface area contributed by atoms with Crippen LogP contribution in [0, 0.1) is 5.92 Å². The van der Waals surface area contributed by atoms with Crippen molar-refractivity contribution in [3.8, 4) is 0 Å². The van der Waals surface area contributed by atoms with Crippen molar-refractivity contribution >= 4 is 5.78 Å².